The molecule has 0 unspecified atom stereocenters. The molecule has 3 N–H and O–H groups in total. The molecule has 0 fully saturated rings. The molecule has 6 nitrogen and oxygen atoms in total. The van der Waals surface area contributed by atoms with E-state index in [1.807, 2.05) is 0 Å². The van der Waals surface area contributed by atoms with E-state index in [1.165, 1.54) is 24.3 Å². The topological polar surface area (TPSA) is 98.5 Å². The van der Waals surface area contributed by atoms with Gasteiger partial charge in [0, 0.05) is 11.6 Å². The minimum absolute atomic E-state index is 0.209. The van der Waals surface area contributed by atoms with Crippen molar-refractivity contribution in [1.82, 2.24) is 5.32 Å². The molecule has 0 atom stereocenters. The largest absolute Gasteiger partial charge is 0.452 e. The second kappa shape index (κ2) is 6.90. The molecule has 0 bridgehead atoms. The van der Waals surface area contributed by atoms with Crippen LogP contribution in [-0.4, -0.2) is 24.5 Å². The summed E-state index contributed by atoms with van der Waals surface area (Å²) in [7, 11) is 0. The van der Waals surface area contributed by atoms with Gasteiger partial charge in [0.05, 0.1) is 0 Å². The zero-order valence-corrected chi connectivity index (χ0v) is 9.76. The highest BCUT2D eigenvalue weighted by Crippen LogP contribution is 2.07. The number of esters is 1. The molecule has 0 aliphatic carbocycles. The van der Waals surface area contributed by atoms with E-state index in [0.717, 1.165) is 6.08 Å². The number of carbonyl (C=O) groups is 3. The highest BCUT2D eigenvalue weighted by Gasteiger charge is 2.06. The summed E-state index contributed by atoms with van der Waals surface area (Å²) in [5.41, 5.74) is 4.89. The van der Waals surface area contributed by atoms with E-state index in [0.29, 0.717) is 0 Å². The highest BCUT2D eigenvalue weighted by molar-refractivity contribution is 5.95. The van der Waals surface area contributed by atoms with Crippen LogP contribution in [0.5, 0.6) is 0 Å². The average Bonchev–Trinajstić information content (AvgIpc) is 2.34. The second-order valence-corrected chi connectivity index (χ2v) is 3.37. The second-order valence-electron chi connectivity index (χ2n) is 3.37. The van der Waals surface area contributed by atoms with Crippen LogP contribution in [0.3, 0.4) is 0 Å². The Hall–Kier alpha value is -2.70. The maximum Gasteiger partial charge on any atom is 0.331 e. The van der Waals surface area contributed by atoms with Crippen LogP contribution in [0, 0.1) is 5.82 Å². The average molecular weight is 266 g/mol. The zero-order chi connectivity index (χ0) is 14.3. The fourth-order valence-corrected chi connectivity index (χ4v) is 1.13. The van der Waals surface area contributed by atoms with Gasteiger partial charge in [0.1, 0.15) is 5.82 Å². The van der Waals surface area contributed by atoms with Gasteiger partial charge in [-0.05, 0) is 12.1 Å². The first kappa shape index (κ1) is 14.4. The summed E-state index contributed by atoms with van der Waals surface area (Å²) in [6, 6.07) is 4.79. The number of ether oxygens (including phenoxy) is 1. The first-order valence-electron chi connectivity index (χ1n) is 5.17. The van der Waals surface area contributed by atoms with E-state index >= 15 is 0 Å². The minimum atomic E-state index is -1.04. The third-order valence-electron chi connectivity index (χ3n) is 1.91. The number of nitrogens with one attached hydrogen (secondary N) is 1. The Bertz CT molecular complexity index is 528. The van der Waals surface area contributed by atoms with Gasteiger partial charge in [0.15, 0.2) is 6.61 Å². The number of amides is 3. The monoisotopic (exact) mass is 266 g/mol. The Kier molecular flexibility index (Phi) is 5.21. The number of halogens is 1. The molecule has 0 heterocycles. The Balaban J connectivity index is 2.46. The van der Waals surface area contributed by atoms with E-state index in [4.69, 9.17) is 0 Å². The molecule has 0 aromatic heterocycles. The van der Waals surface area contributed by atoms with Gasteiger partial charge in [-0.2, -0.15) is 0 Å². The van der Waals surface area contributed by atoms with Crippen molar-refractivity contribution in [1.29, 1.82) is 0 Å². The van der Waals surface area contributed by atoms with Gasteiger partial charge in [-0.1, -0.05) is 18.2 Å². The Morgan fingerprint density at radius 3 is 2.63 bits per heavy atom. The van der Waals surface area contributed by atoms with Crippen molar-refractivity contribution in [2.45, 2.75) is 0 Å². The normalized spacial score (nSPS) is 10.2. The minimum Gasteiger partial charge on any atom is -0.452 e. The number of urea groups is 1. The number of hydrogen-bond acceptors (Lipinski definition) is 4. The van der Waals surface area contributed by atoms with E-state index in [9.17, 15) is 18.8 Å². The summed E-state index contributed by atoms with van der Waals surface area (Å²) >= 11 is 0. The molecule has 0 radical (unpaired) electrons. The standard InChI is InChI=1S/C12H11FN2O4/c13-9-4-2-1-3-8(9)5-6-11(17)19-7-10(16)15-12(14)18/h1-6H,7H2,(H3,14,15,16,18)/b6-5+. The van der Waals surface area contributed by atoms with Gasteiger partial charge in [-0.3, -0.25) is 10.1 Å². The zero-order valence-electron chi connectivity index (χ0n) is 9.76. The summed E-state index contributed by atoms with van der Waals surface area (Å²) in [4.78, 5) is 32.4. The van der Waals surface area contributed by atoms with Crippen LogP contribution >= 0.6 is 0 Å². The molecule has 1 aromatic rings. The molecule has 0 aliphatic rings. The van der Waals surface area contributed by atoms with Crippen molar-refractivity contribution in [2.24, 2.45) is 5.73 Å². The van der Waals surface area contributed by atoms with Gasteiger partial charge in [-0.15, -0.1) is 0 Å². The van der Waals surface area contributed by atoms with Crippen molar-refractivity contribution >= 4 is 24.0 Å². The molecule has 0 saturated heterocycles. The van der Waals surface area contributed by atoms with Crippen LogP contribution in [0.2, 0.25) is 0 Å². The van der Waals surface area contributed by atoms with Crippen LogP contribution in [-0.2, 0) is 14.3 Å². The van der Waals surface area contributed by atoms with Gasteiger partial charge in [0.25, 0.3) is 5.91 Å². The van der Waals surface area contributed by atoms with Crippen LogP contribution in [0.4, 0.5) is 9.18 Å². The molecule has 19 heavy (non-hydrogen) atoms. The highest BCUT2D eigenvalue weighted by atomic mass is 19.1. The molecule has 100 valence electrons. The van der Waals surface area contributed by atoms with Gasteiger partial charge < -0.3 is 10.5 Å². The van der Waals surface area contributed by atoms with E-state index in [2.05, 4.69) is 10.5 Å². The van der Waals surface area contributed by atoms with Crippen LogP contribution < -0.4 is 11.1 Å². The molecular formula is C12H11FN2O4. The predicted octanol–water partition coefficient (Wildman–Crippen LogP) is 0.577. The quantitative estimate of drug-likeness (QED) is 0.615. The molecule has 0 aliphatic heterocycles. The maximum atomic E-state index is 13.2. The van der Waals surface area contributed by atoms with E-state index in [-0.39, 0.29) is 5.56 Å². The number of carbonyl (C=O) groups excluding carboxylic acids is 3. The lowest BCUT2D eigenvalue weighted by atomic mass is 10.2. The number of imide groups is 1. The number of primary amides is 1. The molecule has 1 rings (SSSR count). The molecule has 1 aromatic carbocycles. The van der Waals surface area contributed by atoms with Crippen molar-refractivity contribution < 1.29 is 23.5 Å². The third-order valence-corrected chi connectivity index (χ3v) is 1.91. The van der Waals surface area contributed by atoms with Gasteiger partial charge in [-0.25, -0.2) is 14.0 Å². The molecular weight excluding hydrogens is 255 g/mol. The molecule has 0 spiro atoms. The van der Waals surface area contributed by atoms with E-state index < -0.39 is 30.3 Å². The molecule has 3 amide bonds. The van der Waals surface area contributed by atoms with Crippen LogP contribution in [0.15, 0.2) is 30.3 Å². The van der Waals surface area contributed by atoms with Gasteiger partial charge >= 0.3 is 12.0 Å². The van der Waals surface area contributed by atoms with Crippen molar-refractivity contribution in [2.75, 3.05) is 6.61 Å². The first-order chi connectivity index (χ1) is 8.99. The fraction of sp³-hybridized carbons (Fsp3) is 0.0833. The summed E-state index contributed by atoms with van der Waals surface area (Å²) in [5, 5.41) is 1.72. The Morgan fingerprint density at radius 1 is 1.32 bits per heavy atom. The number of rotatable bonds is 4. The fourth-order valence-electron chi connectivity index (χ4n) is 1.13. The van der Waals surface area contributed by atoms with Crippen molar-refractivity contribution in [3.63, 3.8) is 0 Å². The molecule has 0 saturated carbocycles. The van der Waals surface area contributed by atoms with Crippen LogP contribution in [0.1, 0.15) is 5.56 Å². The summed E-state index contributed by atoms with van der Waals surface area (Å²) < 4.78 is 17.7. The lowest BCUT2D eigenvalue weighted by Gasteiger charge is -2.01. The Labute approximate surface area is 108 Å². The lowest BCUT2D eigenvalue weighted by molar-refractivity contribution is -0.143. The van der Waals surface area contributed by atoms with E-state index in [1.54, 1.807) is 11.4 Å². The smallest absolute Gasteiger partial charge is 0.331 e. The Morgan fingerprint density at radius 2 is 2.00 bits per heavy atom. The molecule has 7 heteroatoms. The summed E-state index contributed by atoms with van der Waals surface area (Å²) in [6.45, 7) is -0.649. The number of benzene rings is 1. The number of hydrogen-bond donors (Lipinski definition) is 2. The first-order valence-corrected chi connectivity index (χ1v) is 5.17. The summed E-state index contributed by atoms with van der Waals surface area (Å²) in [5.74, 6) is -2.18. The lowest BCUT2D eigenvalue weighted by Crippen LogP contribution is -2.37. The maximum absolute atomic E-state index is 13.2. The summed E-state index contributed by atoms with van der Waals surface area (Å²) in [6.07, 6.45) is 2.18. The van der Waals surface area contributed by atoms with Crippen LogP contribution in [0.25, 0.3) is 6.08 Å². The SMILES string of the molecule is NC(=O)NC(=O)COC(=O)/C=C/c1ccccc1F. The van der Waals surface area contributed by atoms with Crippen molar-refractivity contribution in [3.8, 4) is 0 Å². The number of nitrogens with two attached hydrogens (primary N) is 1. The predicted molar refractivity (Wildman–Crippen MR) is 64.1 cm³/mol. The van der Waals surface area contributed by atoms with Crippen molar-refractivity contribution in [3.05, 3.63) is 41.7 Å². The third kappa shape index (κ3) is 5.44. The van der Waals surface area contributed by atoms with Gasteiger partial charge in [0.2, 0.25) is 0 Å².